The predicted octanol–water partition coefficient (Wildman–Crippen LogP) is 5.06. The number of nitrogens with zero attached hydrogens (tertiary/aromatic N) is 2. The van der Waals surface area contributed by atoms with E-state index < -0.39 is 17.7 Å². The first-order valence-corrected chi connectivity index (χ1v) is 10.4. The van der Waals surface area contributed by atoms with Gasteiger partial charge in [-0.2, -0.15) is 0 Å². The van der Waals surface area contributed by atoms with Crippen molar-refractivity contribution in [2.75, 3.05) is 6.61 Å². The summed E-state index contributed by atoms with van der Waals surface area (Å²) in [6, 6.07) is 4.41. The van der Waals surface area contributed by atoms with Crippen LogP contribution < -0.4 is 0 Å². The first-order valence-electron chi connectivity index (χ1n) is 10.4. The van der Waals surface area contributed by atoms with E-state index in [2.05, 4.69) is 4.98 Å². The van der Waals surface area contributed by atoms with E-state index in [9.17, 15) is 18.0 Å². The SMILES string of the molecule is Cc1ncc(F)cc1C[C@H]1CC[C@H](C(=O)N2OCC[C@H]2c2cc(F)cc(F)c2)CC1. The molecule has 2 heterocycles. The Kier molecular flexibility index (Phi) is 6.09. The van der Waals surface area contributed by atoms with E-state index in [0.29, 0.717) is 24.5 Å². The van der Waals surface area contributed by atoms with Crippen molar-refractivity contribution in [1.29, 1.82) is 0 Å². The molecule has 1 aromatic heterocycles. The fourth-order valence-electron chi connectivity index (χ4n) is 4.62. The van der Waals surface area contributed by atoms with Gasteiger partial charge in [0.05, 0.1) is 18.8 Å². The van der Waals surface area contributed by atoms with E-state index in [1.54, 1.807) is 6.07 Å². The lowest BCUT2D eigenvalue weighted by Gasteiger charge is -2.32. The summed E-state index contributed by atoms with van der Waals surface area (Å²) >= 11 is 0. The molecule has 1 aromatic carbocycles. The summed E-state index contributed by atoms with van der Waals surface area (Å²) in [7, 11) is 0. The first kappa shape index (κ1) is 20.8. The number of amides is 1. The molecular weight excluding hydrogens is 393 g/mol. The maximum atomic E-state index is 13.6. The number of halogens is 3. The summed E-state index contributed by atoms with van der Waals surface area (Å²) in [4.78, 5) is 22.7. The predicted molar refractivity (Wildman–Crippen MR) is 105 cm³/mol. The Balaban J connectivity index is 1.38. The van der Waals surface area contributed by atoms with Crippen molar-refractivity contribution < 1.29 is 22.8 Å². The second-order valence-corrected chi connectivity index (χ2v) is 8.32. The molecule has 0 bridgehead atoms. The van der Waals surface area contributed by atoms with Crippen molar-refractivity contribution in [2.45, 2.75) is 51.5 Å². The number of carbonyl (C=O) groups excluding carboxylic acids is 1. The molecule has 1 saturated heterocycles. The summed E-state index contributed by atoms with van der Waals surface area (Å²) in [6.07, 6.45) is 5.65. The van der Waals surface area contributed by atoms with Gasteiger partial charge in [-0.1, -0.05) is 0 Å². The summed E-state index contributed by atoms with van der Waals surface area (Å²) in [5.41, 5.74) is 2.17. The molecule has 0 radical (unpaired) electrons. The van der Waals surface area contributed by atoms with E-state index in [0.717, 1.165) is 49.4 Å². The molecule has 160 valence electrons. The second-order valence-electron chi connectivity index (χ2n) is 8.32. The van der Waals surface area contributed by atoms with Crippen molar-refractivity contribution in [3.05, 3.63) is 64.7 Å². The summed E-state index contributed by atoms with van der Waals surface area (Å²) < 4.78 is 40.7. The van der Waals surface area contributed by atoms with Crippen LogP contribution in [0.2, 0.25) is 0 Å². The van der Waals surface area contributed by atoms with E-state index >= 15 is 0 Å². The molecule has 4 nitrogen and oxygen atoms in total. The van der Waals surface area contributed by atoms with Crippen LogP contribution in [0.3, 0.4) is 0 Å². The van der Waals surface area contributed by atoms with Gasteiger partial charge >= 0.3 is 0 Å². The fraction of sp³-hybridized carbons (Fsp3) is 0.478. The molecule has 1 aliphatic carbocycles. The number of hydrogen-bond acceptors (Lipinski definition) is 3. The van der Waals surface area contributed by atoms with Gasteiger partial charge in [0.1, 0.15) is 17.5 Å². The zero-order valence-corrected chi connectivity index (χ0v) is 16.9. The lowest BCUT2D eigenvalue weighted by atomic mass is 9.78. The topological polar surface area (TPSA) is 42.4 Å². The van der Waals surface area contributed by atoms with Crippen LogP contribution in [-0.4, -0.2) is 22.6 Å². The zero-order chi connectivity index (χ0) is 21.3. The second kappa shape index (κ2) is 8.76. The van der Waals surface area contributed by atoms with E-state index in [4.69, 9.17) is 4.84 Å². The molecule has 1 atom stereocenters. The number of hydroxylamine groups is 2. The average Bonchev–Trinajstić information content (AvgIpc) is 3.20. The van der Waals surface area contributed by atoms with Crippen LogP contribution in [0, 0.1) is 36.2 Å². The van der Waals surface area contributed by atoms with Gasteiger partial charge in [-0.05, 0) is 74.3 Å². The molecule has 2 aliphatic rings. The maximum Gasteiger partial charge on any atom is 0.249 e. The van der Waals surface area contributed by atoms with Crippen molar-refractivity contribution in [3.63, 3.8) is 0 Å². The molecule has 4 rings (SSSR count). The van der Waals surface area contributed by atoms with Gasteiger partial charge in [0.25, 0.3) is 0 Å². The molecule has 0 unspecified atom stereocenters. The largest absolute Gasteiger partial charge is 0.272 e. The number of carbonyl (C=O) groups is 1. The highest BCUT2D eigenvalue weighted by molar-refractivity contribution is 5.78. The molecule has 1 saturated carbocycles. The molecule has 1 amide bonds. The molecule has 1 aliphatic heterocycles. The molecule has 2 fully saturated rings. The Morgan fingerprint density at radius 2 is 1.73 bits per heavy atom. The Bertz CT molecular complexity index is 908. The van der Waals surface area contributed by atoms with Crippen molar-refractivity contribution in [1.82, 2.24) is 10.0 Å². The van der Waals surface area contributed by atoms with Crippen LogP contribution in [0.1, 0.15) is 55.0 Å². The minimum Gasteiger partial charge on any atom is -0.272 e. The smallest absolute Gasteiger partial charge is 0.249 e. The number of aromatic nitrogens is 1. The number of benzene rings is 1. The Morgan fingerprint density at radius 3 is 2.43 bits per heavy atom. The average molecular weight is 418 g/mol. The lowest BCUT2D eigenvalue weighted by Crippen LogP contribution is -2.36. The Labute approximate surface area is 174 Å². The highest BCUT2D eigenvalue weighted by Gasteiger charge is 2.37. The van der Waals surface area contributed by atoms with Crippen LogP contribution in [0.15, 0.2) is 30.5 Å². The number of pyridine rings is 1. The monoisotopic (exact) mass is 418 g/mol. The van der Waals surface area contributed by atoms with Gasteiger partial charge < -0.3 is 0 Å². The summed E-state index contributed by atoms with van der Waals surface area (Å²) in [5.74, 6) is -1.57. The van der Waals surface area contributed by atoms with Gasteiger partial charge in [0.15, 0.2) is 0 Å². The minimum absolute atomic E-state index is 0.121. The Hall–Kier alpha value is -2.41. The van der Waals surface area contributed by atoms with Gasteiger partial charge in [-0.25, -0.2) is 18.2 Å². The molecular formula is C23H25F3N2O2. The van der Waals surface area contributed by atoms with Crippen LogP contribution in [0.4, 0.5) is 13.2 Å². The highest BCUT2D eigenvalue weighted by Crippen LogP contribution is 2.37. The van der Waals surface area contributed by atoms with E-state index in [-0.39, 0.29) is 17.6 Å². The number of hydrogen-bond donors (Lipinski definition) is 0. The number of rotatable bonds is 4. The molecule has 0 N–H and O–H groups in total. The minimum atomic E-state index is -0.660. The van der Waals surface area contributed by atoms with E-state index in [1.165, 1.54) is 23.4 Å². The fourth-order valence-corrected chi connectivity index (χ4v) is 4.62. The third kappa shape index (κ3) is 4.51. The van der Waals surface area contributed by atoms with E-state index in [1.807, 2.05) is 6.92 Å². The third-order valence-electron chi connectivity index (χ3n) is 6.25. The molecule has 2 aromatic rings. The van der Waals surface area contributed by atoms with Crippen LogP contribution >= 0.6 is 0 Å². The standard InChI is InChI=1S/C23H25F3N2O2/c1-14-17(9-21(26)13-27-14)8-15-2-4-16(5-3-15)23(29)28-22(6-7-30-28)18-10-19(24)12-20(25)11-18/h9-13,15-16,22H,2-8H2,1H3/t15-,16-,22-/m0/s1. The molecule has 7 heteroatoms. The summed E-state index contributed by atoms with van der Waals surface area (Å²) in [6.45, 7) is 2.22. The Morgan fingerprint density at radius 1 is 1.03 bits per heavy atom. The van der Waals surface area contributed by atoms with Crippen molar-refractivity contribution in [3.8, 4) is 0 Å². The van der Waals surface area contributed by atoms with Gasteiger partial charge in [-0.3, -0.25) is 14.6 Å². The quantitative estimate of drug-likeness (QED) is 0.697. The number of aryl methyl sites for hydroxylation is 1. The van der Waals surface area contributed by atoms with Crippen LogP contribution in [0.5, 0.6) is 0 Å². The highest BCUT2D eigenvalue weighted by atomic mass is 19.1. The maximum absolute atomic E-state index is 13.6. The van der Waals surface area contributed by atoms with Crippen molar-refractivity contribution >= 4 is 5.91 Å². The van der Waals surface area contributed by atoms with Crippen LogP contribution in [-0.2, 0) is 16.1 Å². The van der Waals surface area contributed by atoms with Crippen molar-refractivity contribution in [2.24, 2.45) is 11.8 Å². The lowest BCUT2D eigenvalue weighted by molar-refractivity contribution is -0.183. The first-order chi connectivity index (χ1) is 14.4. The molecule has 0 spiro atoms. The normalized spacial score (nSPS) is 24.3. The van der Waals surface area contributed by atoms with Crippen LogP contribution in [0.25, 0.3) is 0 Å². The van der Waals surface area contributed by atoms with Gasteiger partial charge in [-0.15, -0.1) is 0 Å². The zero-order valence-electron chi connectivity index (χ0n) is 16.9. The van der Waals surface area contributed by atoms with Gasteiger partial charge in [0.2, 0.25) is 5.91 Å². The molecule has 30 heavy (non-hydrogen) atoms. The van der Waals surface area contributed by atoms with Gasteiger partial charge in [0, 0.05) is 24.1 Å². The summed E-state index contributed by atoms with van der Waals surface area (Å²) in [5, 5.41) is 1.32. The third-order valence-corrected chi connectivity index (χ3v) is 6.25.